The first-order valence-corrected chi connectivity index (χ1v) is 12.4. The number of hydrogen-bond acceptors (Lipinski definition) is 10. The monoisotopic (exact) mass is 494 g/mol. The molecule has 0 aliphatic rings. The molecule has 0 atom stereocenters. The minimum Gasteiger partial charge on any atom is -0.382 e. The molecule has 0 saturated carbocycles. The van der Waals surface area contributed by atoms with Crippen molar-refractivity contribution in [3.05, 3.63) is 48.2 Å². The number of nitrogens with zero attached hydrogens (tertiary/aromatic N) is 5. The van der Waals surface area contributed by atoms with E-state index in [1.165, 1.54) is 35.0 Å². The highest BCUT2D eigenvalue weighted by Gasteiger charge is 2.19. The number of nitrogen functional groups attached to an aromatic ring is 1. The highest BCUT2D eigenvalue weighted by Crippen LogP contribution is 2.35. The van der Waals surface area contributed by atoms with Gasteiger partial charge in [-0.2, -0.15) is 21.9 Å². The Morgan fingerprint density at radius 3 is 2.44 bits per heavy atom. The van der Waals surface area contributed by atoms with Crippen LogP contribution in [0.5, 0.6) is 0 Å². The van der Waals surface area contributed by atoms with Crippen LogP contribution in [0.2, 0.25) is 0 Å². The summed E-state index contributed by atoms with van der Waals surface area (Å²) in [7, 11) is -8.87. The summed E-state index contributed by atoms with van der Waals surface area (Å²) in [5.74, 6) is 0.0541. The number of anilines is 1. The predicted molar refractivity (Wildman–Crippen MR) is 116 cm³/mol. The molecule has 4 N–H and O–H groups in total. The average molecular weight is 495 g/mol. The minimum atomic E-state index is -4.46. The van der Waals surface area contributed by atoms with E-state index in [1.807, 2.05) is 0 Å². The average Bonchev–Trinajstić information content (AvgIpc) is 3.25. The van der Waals surface area contributed by atoms with Crippen molar-refractivity contribution in [2.45, 2.75) is 16.7 Å². The van der Waals surface area contributed by atoms with Gasteiger partial charge < -0.3 is 5.73 Å². The third-order valence-electron chi connectivity index (χ3n) is 4.31. The Bertz CT molecular complexity index is 1600. The molecule has 0 radical (unpaired) electrons. The molecule has 2 aromatic heterocycles. The van der Waals surface area contributed by atoms with Crippen molar-refractivity contribution in [3.8, 4) is 5.69 Å². The highest BCUT2D eigenvalue weighted by atomic mass is 32.2. The van der Waals surface area contributed by atoms with Gasteiger partial charge in [0.05, 0.1) is 21.0 Å². The molecule has 0 saturated heterocycles. The van der Waals surface area contributed by atoms with Crippen molar-refractivity contribution < 1.29 is 25.9 Å². The topological polar surface area (TPSA) is 190 Å². The van der Waals surface area contributed by atoms with Gasteiger partial charge in [-0.05, 0) is 37.3 Å². The molecule has 0 spiro atoms. The Kier molecular flexibility index (Phi) is 5.30. The zero-order valence-corrected chi connectivity index (χ0v) is 18.6. The van der Waals surface area contributed by atoms with Gasteiger partial charge in [0.2, 0.25) is 5.13 Å². The number of benzene rings is 2. The maximum Gasteiger partial charge on any atom is 0.296 e. The van der Waals surface area contributed by atoms with Crippen molar-refractivity contribution in [1.82, 2.24) is 14.8 Å². The van der Waals surface area contributed by atoms with Gasteiger partial charge in [-0.15, -0.1) is 10.2 Å². The van der Waals surface area contributed by atoms with E-state index < -0.39 is 20.2 Å². The quantitative estimate of drug-likeness (QED) is 0.276. The number of fused-ring (bicyclic) bond motifs is 1. The molecular weight excluding hydrogens is 480 g/mol. The normalized spacial score (nSPS) is 12.7. The van der Waals surface area contributed by atoms with E-state index in [0.717, 1.165) is 11.3 Å². The summed E-state index contributed by atoms with van der Waals surface area (Å²) in [5.41, 5.74) is 7.03. The van der Waals surface area contributed by atoms with E-state index in [0.29, 0.717) is 10.4 Å². The Morgan fingerprint density at radius 1 is 1.03 bits per heavy atom. The third-order valence-corrected chi connectivity index (χ3v) is 6.95. The van der Waals surface area contributed by atoms with Crippen molar-refractivity contribution in [2.24, 2.45) is 10.2 Å². The van der Waals surface area contributed by atoms with Crippen molar-refractivity contribution in [1.29, 1.82) is 0 Å². The van der Waals surface area contributed by atoms with E-state index in [9.17, 15) is 25.9 Å². The zero-order valence-electron chi connectivity index (χ0n) is 16.1. The number of para-hydroxylation sites is 1. The maximum atomic E-state index is 11.5. The first kappa shape index (κ1) is 22.0. The van der Waals surface area contributed by atoms with Crippen LogP contribution in [0.1, 0.15) is 5.69 Å². The molecule has 2 aromatic carbocycles. The predicted octanol–water partition coefficient (Wildman–Crippen LogP) is 3.28. The van der Waals surface area contributed by atoms with Gasteiger partial charge in [0.1, 0.15) is 10.4 Å². The molecule has 4 aromatic rings. The van der Waals surface area contributed by atoms with Crippen LogP contribution in [-0.4, -0.2) is 40.7 Å². The SMILES string of the molecule is Cc1nn(-c2cccc(S(=O)(=O)O)c2)c(N)c1N=Nc1nc2c(S(=O)(=O)O)cccc2s1. The lowest BCUT2D eigenvalue weighted by molar-refractivity contribution is 0.481. The van der Waals surface area contributed by atoms with Crippen LogP contribution in [0.15, 0.2) is 62.5 Å². The van der Waals surface area contributed by atoms with Crippen LogP contribution in [0.3, 0.4) is 0 Å². The van der Waals surface area contributed by atoms with Crippen LogP contribution >= 0.6 is 11.3 Å². The summed E-state index contributed by atoms with van der Waals surface area (Å²) in [6, 6.07) is 9.71. The molecule has 166 valence electrons. The zero-order chi connectivity index (χ0) is 23.3. The van der Waals surface area contributed by atoms with Gasteiger partial charge in [-0.3, -0.25) is 9.11 Å². The molecule has 0 fully saturated rings. The molecule has 0 aliphatic carbocycles. The second-order valence-electron chi connectivity index (χ2n) is 6.48. The smallest absolute Gasteiger partial charge is 0.296 e. The highest BCUT2D eigenvalue weighted by molar-refractivity contribution is 7.86. The van der Waals surface area contributed by atoms with Gasteiger partial charge in [-0.1, -0.05) is 23.5 Å². The first-order chi connectivity index (χ1) is 14.9. The van der Waals surface area contributed by atoms with E-state index in [2.05, 4.69) is 20.3 Å². The van der Waals surface area contributed by atoms with E-state index in [4.69, 9.17) is 5.73 Å². The fourth-order valence-electron chi connectivity index (χ4n) is 2.89. The molecule has 0 amide bonds. The summed E-state index contributed by atoms with van der Waals surface area (Å²) in [5, 5.41) is 12.4. The molecule has 0 aliphatic heterocycles. The summed E-state index contributed by atoms with van der Waals surface area (Å²) >= 11 is 1.06. The van der Waals surface area contributed by atoms with Gasteiger partial charge in [0, 0.05) is 0 Å². The van der Waals surface area contributed by atoms with Crippen LogP contribution < -0.4 is 5.73 Å². The molecule has 32 heavy (non-hydrogen) atoms. The Morgan fingerprint density at radius 2 is 1.75 bits per heavy atom. The van der Waals surface area contributed by atoms with E-state index in [-0.39, 0.29) is 37.6 Å². The molecule has 0 bridgehead atoms. The number of nitrogens with two attached hydrogens (primary N) is 1. The third kappa shape index (κ3) is 4.11. The van der Waals surface area contributed by atoms with Crippen molar-refractivity contribution >= 4 is 58.4 Å². The molecule has 2 heterocycles. The lowest BCUT2D eigenvalue weighted by Crippen LogP contribution is -2.04. The first-order valence-electron chi connectivity index (χ1n) is 8.67. The van der Waals surface area contributed by atoms with Gasteiger partial charge in [-0.25, -0.2) is 9.67 Å². The summed E-state index contributed by atoms with van der Waals surface area (Å²) < 4.78 is 66.2. The fourth-order valence-corrected chi connectivity index (χ4v) is 4.94. The van der Waals surface area contributed by atoms with E-state index >= 15 is 0 Å². The van der Waals surface area contributed by atoms with E-state index in [1.54, 1.807) is 19.1 Å². The molecular formula is C17H14N6O6S3. The second-order valence-corrected chi connectivity index (χ2v) is 10.3. The van der Waals surface area contributed by atoms with Gasteiger partial charge >= 0.3 is 0 Å². The van der Waals surface area contributed by atoms with Crippen molar-refractivity contribution in [2.75, 3.05) is 5.73 Å². The number of aromatic nitrogens is 3. The molecule has 15 heteroatoms. The maximum absolute atomic E-state index is 11.5. The van der Waals surface area contributed by atoms with Crippen molar-refractivity contribution in [3.63, 3.8) is 0 Å². The Hall–Kier alpha value is -3.24. The lowest BCUT2D eigenvalue weighted by Gasteiger charge is -2.05. The second kappa shape index (κ2) is 7.72. The number of rotatable bonds is 5. The van der Waals surface area contributed by atoms with Crippen LogP contribution in [0.4, 0.5) is 16.6 Å². The number of hydrogen-bond donors (Lipinski definition) is 3. The number of azo groups is 1. The summed E-state index contributed by atoms with van der Waals surface area (Å²) in [6.45, 7) is 1.61. The molecule has 0 unspecified atom stereocenters. The van der Waals surface area contributed by atoms with Gasteiger partial charge in [0.15, 0.2) is 11.5 Å². The van der Waals surface area contributed by atoms with Gasteiger partial charge in [0.25, 0.3) is 20.2 Å². The standard InChI is InChI=1S/C17H14N6O6S3/c1-9-14(16(18)23(22-9)10-4-2-5-11(8-10)31(24,25)26)20-21-17-19-15-12(30-17)6-3-7-13(15)32(27,28)29/h2-8H,18H2,1H3,(H,24,25,26)(H,27,28,29). The number of aryl methyl sites for hydroxylation is 1. The summed E-state index contributed by atoms with van der Waals surface area (Å²) in [4.78, 5) is 3.45. The Labute approximate surface area is 185 Å². The lowest BCUT2D eigenvalue weighted by atomic mass is 10.3. The Balaban J connectivity index is 1.74. The largest absolute Gasteiger partial charge is 0.382 e. The number of thiazole rings is 1. The van der Waals surface area contributed by atoms with Crippen LogP contribution in [-0.2, 0) is 20.2 Å². The molecule has 12 nitrogen and oxygen atoms in total. The van der Waals surface area contributed by atoms with Crippen LogP contribution in [0, 0.1) is 6.92 Å². The van der Waals surface area contributed by atoms with Crippen LogP contribution in [0.25, 0.3) is 15.9 Å². The fraction of sp³-hybridized carbons (Fsp3) is 0.0588. The minimum absolute atomic E-state index is 0.0541. The summed E-state index contributed by atoms with van der Waals surface area (Å²) in [6.07, 6.45) is 0. The molecule has 4 rings (SSSR count).